The second-order valence-electron chi connectivity index (χ2n) is 9.15. The van der Waals surface area contributed by atoms with Crippen molar-refractivity contribution in [3.05, 3.63) is 42.2 Å². The number of hydrogen-bond acceptors (Lipinski definition) is 5. The first-order valence-corrected chi connectivity index (χ1v) is 11.7. The third kappa shape index (κ3) is 5.31. The molecule has 2 aliphatic rings. The molecule has 5 nitrogen and oxygen atoms in total. The highest BCUT2D eigenvalue weighted by molar-refractivity contribution is 5.75. The van der Waals surface area contributed by atoms with E-state index in [1.807, 2.05) is 18.2 Å². The minimum Gasteiger partial charge on any atom is -0.426 e. The largest absolute Gasteiger partial charge is 0.426 e. The normalized spacial score (nSPS) is 26.1. The van der Waals surface area contributed by atoms with E-state index in [4.69, 9.17) is 10.00 Å². The number of rotatable bonds is 5. The molecule has 1 heterocycles. The Kier molecular flexibility index (Phi) is 6.96. The highest BCUT2D eigenvalue weighted by Gasteiger charge is 2.33. The van der Waals surface area contributed by atoms with Crippen LogP contribution in [0.3, 0.4) is 0 Å². The van der Waals surface area contributed by atoms with Crippen molar-refractivity contribution in [2.45, 2.75) is 64.7 Å². The van der Waals surface area contributed by atoms with Crippen LogP contribution in [0, 0.1) is 35.0 Å². The summed E-state index contributed by atoms with van der Waals surface area (Å²) in [5.41, 5.74) is 1.25. The van der Waals surface area contributed by atoms with Gasteiger partial charge in [0.25, 0.3) is 0 Å². The standard InChI is InChI=1S/C26H31N3O2/c1-2-18-3-5-20(6-4-18)21-7-9-23(10-8-21)26(30)31-24-13-11-22(12-14-24)25-28-16-19(15-27)17-29-25/h11-14,16-18,20-21,23H,2-10H2,1H3. The van der Waals surface area contributed by atoms with E-state index in [2.05, 4.69) is 16.9 Å². The zero-order valence-corrected chi connectivity index (χ0v) is 18.3. The zero-order chi connectivity index (χ0) is 21.6. The molecule has 0 amide bonds. The third-order valence-corrected chi connectivity index (χ3v) is 7.35. The van der Waals surface area contributed by atoms with Gasteiger partial charge in [0.15, 0.2) is 5.82 Å². The summed E-state index contributed by atoms with van der Waals surface area (Å²) in [5.74, 6) is 3.63. The molecule has 0 bridgehead atoms. The van der Waals surface area contributed by atoms with Crippen molar-refractivity contribution in [2.75, 3.05) is 0 Å². The van der Waals surface area contributed by atoms with Crippen molar-refractivity contribution in [3.8, 4) is 23.2 Å². The van der Waals surface area contributed by atoms with E-state index in [1.54, 1.807) is 12.1 Å². The molecule has 0 unspecified atom stereocenters. The van der Waals surface area contributed by atoms with E-state index in [-0.39, 0.29) is 11.9 Å². The van der Waals surface area contributed by atoms with Gasteiger partial charge in [0.2, 0.25) is 0 Å². The van der Waals surface area contributed by atoms with Crippen LogP contribution in [-0.4, -0.2) is 15.9 Å². The van der Waals surface area contributed by atoms with Crippen molar-refractivity contribution in [2.24, 2.45) is 23.7 Å². The highest BCUT2D eigenvalue weighted by Crippen LogP contribution is 2.42. The van der Waals surface area contributed by atoms with E-state index < -0.39 is 0 Å². The Morgan fingerprint density at radius 2 is 1.55 bits per heavy atom. The molecule has 2 aromatic rings. The number of nitriles is 1. The average molecular weight is 418 g/mol. The average Bonchev–Trinajstić information content (AvgIpc) is 2.85. The topological polar surface area (TPSA) is 75.9 Å². The molecular formula is C26H31N3O2. The fourth-order valence-electron chi connectivity index (χ4n) is 5.30. The van der Waals surface area contributed by atoms with Crippen molar-refractivity contribution in [3.63, 3.8) is 0 Å². The highest BCUT2D eigenvalue weighted by atomic mass is 16.5. The van der Waals surface area contributed by atoms with Crippen molar-refractivity contribution >= 4 is 5.97 Å². The van der Waals surface area contributed by atoms with Gasteiger partial charge >= 0.3 is 5.97 Å². The SMILES string of the molecule is CCC1CCC(C2CCC(C(=O)Oc3ccc(-c4ncc(C#N)cn4)cc3)CC2)CC1. The lowest BCUT2D eigenvalue weighted by atomic mass is 9.69. The number of hydrogen-bond donors (Lipinski definition) is 0. The van der Waals surface area contributed by atoms with Gasteiger partial charge in [-0.05, 0) is 80.5 Å². The number of aromatic nitrogens is 2. The van der Waals surface area contributed by atoms with Gasteiger partial charge in [-0.1, -0.05) is 26.2 Å². The van der Waals surface area contributed by atoms with E-state index >= 15 is 0 Å². The third-order valence-electron chi connectivity index (χ3n) is 7.35. The first kappa shape index (κ1) is 21.5. The quantitative estimate of drug-likeness (QED) is 0.444. The zero-order valence-electron chi connectivity index (χ0n) is 18.3. The van der Waals surface area contributed by atoms with Gasteiger partial charge in [0.1, 0.15) is 11.8 Å². The Morgan fingerprint density at radius 1 is 0.968 bits per heavy atom. The van der Waals surface area contributed by atoms with Crippen LogP contribution in [0.15, 0.2) is 36.7 Å². The molecule has 0 atom stereocenters. The van der Waals surface area contributed by atoms with E-state index in [1.165, 1.54) is 44.5 Å². The Hall–Kier alpha value is -2.74. The van der Waals surface area contributed by atoms with Crippen LogP contribution >= 0.6 is 0 Å². The molecule has 162 valence electrons. The molecule has 4 rings (SSSR count). The number of benzene rings is 1. The molecule has 31 heavy (non-hydrogen) atoms. The minimum absolute atomic E-state index is 0.0183. The number of esters is 1. The van der Waals surface area contributed by atoms with Gasteiger partial charge in [-0.25, -0.2) is 9.97 Å². The Bertz CT molecular complexity index is 901. The summed E-state index contributed by atoms with van der Waals surface area (Å²) in [5, 5.41) is 8.85. The maximum absolute atomic E-state index is 12.7. The van der Waals surface area contributed by atoms with Crippen LogP contribution in [0.2, 0.25) is 0 Å². The van der Waals surface area contributed by atoms with Crippen LogP contribution < -0.4 is 4.74 Å². The van der Waals surface area contributed by atoms with Crippen LogP contribution in [0.25, 0.3) is 11.4 Å². The smallest absolute Gasteiger partial charge is 0.314 e. The first-order chi connectivity index (χ1) is 15.2. The molecule has 2 fully saturated rings. The second kappa shape index (κ2) is 10.0. The Balaban J connectivity index is 1.26. The van der Waals surface area contributed by atoms with Gasteiger partial charge in [-0.2, -0.15) is 5.26 Å². The van der Waals surface area contributed by atoms with Crippen molar-refractivity contribution in [1.82, 2.24) is 9.97 Å². The van der Waals surface area contributed by atoms with E-state index in [0.29, 0.717) is 17.1 Å². The number of ether oxygens (including phenoxy) is 1. The lowest BCUT2D eigenvalue weighted by molar-refractivity contribution is -0.140. The summed E-state index contributed by atoms with van der Waals surface area (Å²) in [7, 11) is 0. The molecule has 2 saturated carbocycles. The predicted molar refractivity (Wildman–Crippen MR) is 119 cm³/mol. The van der Waals surface area contributed by atoms with E-state index in [0.717, 1.165) is 49.0 Å². The number of carbonyl (C=O) groups is 1. The maximum atomic E-state index is 12.7. The van der Waals surface area contributed by atoms with Crippen molar-refractivity contribution in [1.29, 1.82) is 5.26 Å². The molecule has 0 N–H and O–H groups in total. The van der Waals surface area contributed by atoms with Gasteiger partial charge in [-0.3, -0.25) is 4.79 Å². The molecule has 0 radical (unpaired) electrons. The summed E-state index contributed by atoms with van der Waals surface area (Å²) in [4.78, 5) is 21.1. The molecule has 1 aromatic carbocycles. The molecule has 0 saturated heterocycles. The summed E-state index contributed by atoms with van der Waals surface area (Å²) in [6, 6.07) is 9.26. The Labute approximate surface area is 184 Å². The second-order valence-corrected chi connectivity index (χ2v) is 9.15. The van der Waals surface area contributed by atoms with Crippen LogP contribution in [0.4, 0.5) is 0 Å². The van der Waals surface area contributed by atoms with Crippen molar-refractivity contribution < 1.29 is 9.53 Å². The summed E-state index contributed by atoms with van der Waals surface area (Å²) in [6.45, 7) is 2.32. The summed E-state index contributed by atoms with van der Waals surface area (Å²) < 4.78 is 5.67. The van der Waals surface area contributed by atoms with Gasteiger partial charge in [0, 0.05) is 18.0 Å². The molecular weight excluding hydrogens is 386 g/mol. The molecule has 0 spiro atoms. The lowest BCUT2D eigenvalue weighted by Crippen LogP contribution is -2.30. The fraction of sp³-hybridized carbons (Fsp3) is 0.538. The van der Waals surface area contributed by atoms with Crippen LogP contribution in [0.1, 0.15) is 70.3 Å². The lowest BCUT2D eigenvalue weighted by Gasteiger charge is -2.37. The van der Waals surface area contributed by atoms with Crippen LogP contribution in [-0.2, 0) is 4.79 Å². The van der Waals surface area contributed by atoms with Gasteiger partial charge in [0.05, 0.1) is 11.5 Å². The van der Waals surface area contributed by atoms with Gasteiger partial charge in [-0.15, -0.1) is 0 Å². The molecule has 2 aliphatic carbocycles. The molecule has 5 heteroatoms. The molecule has 1 aromatic heterocycles. The monoisotopic (exact) mass is 417 g/mol. The number of carbonyl (C=O) groups excluding carboxylic acids is 1. The molecule has 0 aliphatic heterocycles. The predicted octanol–water partition coefficient (Wildman–Crippen LogP) is 5.94. The fourth-order valence-corrected chi connectivity index (χ4v) is 5.30. The van der Waals surface area contributed by atoms with Gasteiger partial charge < -0.3 is 4.74 Å². The summed E-state index contributed by atoms with van der Waals surface area (Å²) >= 11 is 0. The van der Waals surface area contributed by atoms with E-state index in [9.17, 15) is 4.79 Å². The number of nitrogens with zero attached hydrogens (tertiary/aromatic N) is 3. The minimum atomic E-state index is -0.101. The van der Waals surface area contributed by atoms with Crippen LogP contribution in [0.5, 0.6) is 5.75 Å². The first-order valence-electron chi connectivity index (χ1n) is 11.7. The Morgan fingerprint density at radius 3 is 2.10 bits per heavy atom. The summed E-state index contributed by atoms with van der Waals surface area (Å²) in [6.07, 6.45) is 14.1. The maximum Gasteiger partial charge on any atom is 0.314 e.